The predicted molar refractivity (Wildman–Crippen MR) is 119 cm³/mol. The number of aromatic nitrogens is 3. The van der Waals surface area contributed by atoms with Crippen molar-refractivity contribution in [2.45, 2.75) is 37.8 Å². The summed E-state index contributed by atoms with van der Waals surface area (Å²) >= 11 is 0. The average Bonchev–Trinajstić information content (AvgIpc) is 2.82. The highest BCUT2D eigenvalue weighted by Gasteiger charge is 2.28. The van der Waals surface area contributed by atoms with Crippen molar-refractivity contribution < 1.29 is 14.3 Å². The summed E-state index contributed by atoms with van der Waals surface area (Å²) in [5.41, 5.74) is 7.26. The summed E-state index contributed by atoms with van der Waals surface area (Å²) < 4.78 is 11.0. The molecular formula is C21H28N8O3. The van der Waals surface area contributed by atoms with Gasteiger partial charge < -0.3 is 36.1 Å². The fraction of sp³-hybridized carbons (Fsp3) is 0.524. The van der Waals surface area contributed by atoms with E-state index in [-0.39, 0.29) is 36.2 Å². The lowest BCUT2D eigenvalue weighted by molar-refractivity contribution is 0.0879. The van der Waals surface area contributed by atoms with E-state index in [1.807, 2.05) is 12.1 Å². The molecule has 3 aliphatic rings. The summed E-state index contributed by atoms with van der Waals surface area (Å²) in [7, 11) is 0. The van der Waals surface area contributed by atoms with E-state index in [1.54, 1.807) is 6.20 Å². The fourth-order valence-corrected chi connectivity index (χ4v) is 4.24. The largest absolute Gasteiger partial charge is 0.456 e. The van der Waals surface area contributed by atoms with E-state index in [1.165, 1.54) is 0 Å². The number of ether oxygens (including phenoxy) is 2. The number of nitrogens with one attached hydrogen (secondary N) is 3. The Kier molecular flexibility index (Phi) is 5.91. The standard InChI is InChI=1S/C21H28N8O3/c22-14-3-1-2-4-15(14)26-21-27-18(17-19(30)24-12-32-20(17)28-21)25-13-5-6-16(23-11-13)29-7-9-31-10-8-29/h5-6,11,14-15H,1-4,7-10,12,22H2,(H,24,30)(H2,25,26,27,28)/t14-,15+/m0/s1. The van der Waals surface area contributed by atoms with Gasteiger partial charge in [-0.2, -0.15) is 9.97 Å². The van der Waals surface area contributed by atoms with Gasteiger partial charge >= 0.3 is 0 Å². The van der Waals surface area contributed by atoms with Crippen molar-refractivity contribution in [1.29, 1.82) is 0 Å². The maximum absolute atomic E-state index is 12.5. The maximum atomic E-state index is 12.5. The molecule has 5 N–H and O–H groups in total. The van der Waals surface area contributed by atoms with Crippen molar-refractivity contribution in [1.82, 2.24) is 20.3 Å². The van der Waals surface area contributed by atoms with Gasteiger partial charge in [0.15, 0.2) is 12.5 Å². The first-order chi connectivity index (χ1) is 15.7. The van der Waals surface area contributed by atoms with Crippen molar-refractivity contribution in [2.24, 2.45) is 5.73 Å². The molecule has 170 valence electrons. The minimum Gasteiger partial charge on any atom is -0.456 e. The molecule has 2 atom stereocenters. The Morgan fingerprint density at radius 1 is 1.16 bits per heavy atom. The Morgan fingerprint density at radius 2 is 2.00 bits per heavy atom. The Balaban J connectivity index is 1.39. The number of carbonyl (C=O) groups excluding carboxylic acids is 1. The van der Waals surface area contributed by atoms with Crippen molar-refractivity contribution in [2.75, 3.05) is 48.6 Å². The van der Waals surface area contributed by atoms with Gasteiger partial charge in [0.05, 0.1) is 25.1 Å². The Morgan fingerprint density at radius 3 is 2.78 bits per heavy atom. The number of anilines is 4. The topological polar surface area (TPSA) is 140 Å². The SMILES string of the molecule is N[C@H]1CCCC[C@H]1Nc1nc(Nc2ccc(N3CCOCC3)nc2)c2c(n1)OCNC2=O. The normalized spacial score (nSPS) is 23.0. The highest BCUT2D eigenvalue weighted by atomic mass is 16.5. The smallest absolute Gasteiger partial charge is 0.263 e. The number of nitrogens with two attached hydrogens (primary N) is 1. The van der Waals surface area contributed by atoms with Gasteiger partial charge in [0.25, 0.3) is 5.91 Å². The molecule has 0 bridgehead atoms. The molecule has 1 amide bonds. The van der Waals surface area contributed by atoms with Crippen molar-refractivity contribution in [3.63, 3.8) is 0 Å². The quantitative estimate of drug-likeness (QED) is 0.536. The van der Waals surface area contributed by atoms with Crippen molar-refractivity contribution >= 4 is 29.2 Å². The van der Waals surface area contributed by atoms with Crippen LogP contribution in [0.3, 0.4) is 0 Å². The summed E-state index contributed by atoms with van der Waals surface area (Å²) in [4.78, 5) is 28.3. The molecule has 11 heteroatoms. The maximum Gasteiger partial charge on any atom is 0.263 e. The molecule has 0 unspecified atom stereocenters. The molecule has 2 fully saturated rings. The molecule has 2 aromatic rings. The molecule has 2 aliphatic heterocycles. The van der Waals surface area contributed by atoms with E-state index in [9.17, 15) is 4.79 Å². The van der Waals surface area contributed by atoms with Crippen molar-refractivity contribution in [3.05, 3.63) is 23.9 Å². The summed E-state index contributed by atoms with van der Waals surface area (Å²) in [6.07, 6.45) is 5.90. The van der Waals surface area contributed by atoms with E-state index < -0.39 is 0 Å². The van der Waals surface area contributed by atoms with Gasteiger partial charge in [-0.3, -0.25) is 4.79 Å². The van der Waals surface area contributed by atoms with Crippen LogP contribution < -0.4 is 31.3 Å². The van der Waals surface area contributed by atoms with E-state index in [4.69, 9.17) is 15.2 Å². The first kappa shape index (κ1) is 20.7. The molecule has 32 heavy (non-hydrogen) atoms. The van der Waals surface area contributed by atoms with Crippen molar-refractivity contribution in [3.8, 4) is 5.88 Å². The van der Waals surface area contributed by atoms with Crippen LogP contribution in [0.25, 0.3) is 0 Å². The van der Waals surface area contributed by atoms with Gasteiger partial charge in [-0.25, -0.2) is 4.98 Å². The lowest BCUT2D eigenvalue weighted by Gasteiger charge is -2.30. The molecule has 1 aliphatic carbocycles. The molecule has 11 nitrogen and oxygen atoms in total. The van der Waals surface area contributed by atoms with Crippen LogP contribution in [-0.2, 0) is 4.74 Å². The Bertz CT molecular complexity index is 964. The zero-order valence-electron chi connectivity index (χ0n) is 17.8. The van der Waals surface area contributed by atoms with Gasteiger partial charge in [-0.05, 0) is 25.0 Å². The number of hydrogen-bond donors (Lipinski definition) is 4. The summed E-state index contributed by atoms with van der Waals surface area (Å²) in [6, 6.07) is 3.98. The molecule has 0 spiro atoms. The lowest BCUT2D eigenvalue weighted by atomic mass is 9.91. The molecule has 2 aromatic heterocycles. The highest BCUT2D eigenvalue weighted by Crippen LogP contribution is 2.30. The third-order valence-corrected chi connectivity index (χ3v) is 6.02. The van der Waals surface area contributed by atoms with Crippen LogP contribution >= 0.6 is 0 Å². The molecule has 4 heterocycles. The second kappa shape index (κ2) is 9.13. The monoisotopic (exact) mass is 440 g/mol. The molecule has 0 radical (unpaired) electrons. The van der Waals surface area contributed by atoms with E-state index >= 15 is 0 Å². The molecule has 1 saturated carbocycles. The Hall–Kier alpha value is -3.18. The van der Waals surface area contributed by atoms with Crippen LogP contribution in [0.4, 0.5) is 23.3 Å². The van der Waals surface area contributed by atoms with Gasteiger partial charge in [0.2, 0.25) is 11.8 Å². The zero-order chi connectivity index (χ0) is 21.9. The van der Waals surface area contributed by atoms with Crippen LogP contribution in [-0.4, -0.2) is 66.0 Å². The van der Waals surface area contributed by atoms with Crippen LogP contribution in [0.2, 0.25) is 0 Å². The van der Waals surface area contributed by atoms with Gasteiger partial charge in [-0.1, -0.05) is 12.8 Å². The number of nitrogens with zero attached hydrogens (tertiary/aromatic N) is 4. The van der Waals surface area contributed by atoms with Gasteiger partial charge in [0.1, 0.15) is 11.4 Å². The number of morpholine rings is 1. The van der Waals surface area contributed by atoms with E-state index in [0.717, 1.165) is 44.6 Å². The van der Waals surface area contributed by atoms with E-state index in [0.29, 0.717) is 30.7 Å². The minimum atomic E-state index is -0.285. The lowest BCUT2D eigenvalue weighted by Crippen LogP contribution is -2.43. The van der Waals surface area contributed by atoms with E-state index in [2.05, 4.69) is 35.8 Å². The number of hydrogen-bond acceptors (Lipinski definition) is 10. The summed E-state index contributed by atoms with van der Waals surface area (Å²) in [5, 5.41) is 9.22. The fourth-order valence-electron chi connectivity index (χ4n) is 4.24. The third-order valence-electron chi connectivity index (χ3n) is 6.02. The summed E-state index contributed by atoms with van der Waals surface area (Å²) in [6.45, 7) is 3.10. The number of amides is 1. The number of pyridine rings is 1. The predicted octanol–water partition coefficient (Wildman–Crippen LogP) is 1.21. The van der Waals surface area contributed by atoms with Gasteiger partial charge in [0, 0.05) is 25.2 Å². The van der Waals surface area contributed by atoms with Gasteiger partial charge in [-0.15, -0.1) is 0 Å². The van der Waals surface area contributed by atoms with Crippen LogP contribution in [0.15, 0.2) is 18.3 Å². The first-order valence-electron chi connectivity index (χ1n) is 11.1. The number of rotatable bonds is 5. The average molecular weight is 441 g/mol. The number of carbonyl (C=O) groups is 1. The second-order valence-corrected chi connectivity index (χ2v) is 8.20. The minimum absolute atomic E-state index is 0.0425. The highest BCUT2D eigenvalue weighted by molar-refractivity contribution is 6.02. The molecular weight excluding hydrogens is 412 g/mol. The molecule has 5 rings (SSSR count). The third kappa shape index (κ3) is 4.39. The number of fused-ring (bicyclic) bond motifs is 1. The Labute approximate surface area is 186 Å². The van der Waals surface area contributed by atoms with Crippen LogP contribution in [0.5, 0.6) is 5.88 Å². The summed E-state index contributed by atoms with van der Waals surface area (Å²) in [5.74, 6) is 1.60. The van der Waals surface area contributed by atoms with Crippen LogP contribution in [0, 0.1) is 0 Å². The zero-order valence-corrected chi connectivity index (χ0v) is 17.8. The second-order valence-electron chi connectivity index (χ2n) is 8.20. The first-order valence-corrected chi connectivity index (χ1v) is 11.1. The van der Waals surface area contributed by atoms with Crippen LogP contribution in [0.1, 0.15) is 36.0 Å². The molecule has 0 aromatic carbocycles. The molecule has 1 saturated heterocycles.